The summed E-state index contributed by atoms with van der Waals surface area (Å²) in [5, 5.41) is 0. The number of hydrogen-bond acceptors (Lipinski definition) is 2. The normalized spacial score (nSPS) is 11.9. The van der Waals surface area contributed by atoms with Gasteiger partial charge in [0, 0.05) is 11.1 Å². The largest absolute Gasteiger partial charge is 0.253 e. The van der Waals surface area contributed by atoms with E-state index >= 15 is 0 Å². The van der Waals surface area contributed by atoms with Crippen LogP contribution < -0.4 is 0 Å². The second-order valence-electron chi connectivity index (χ2n) is 3.71. The molecule has 0 spiro atoms. The number of aromatic nitrogens is 1. The first-order valence-corrected chi connectivity index (χ1v) is 4.33. The molecule has 0 aromatic carbocycles. The van der Waals surface area contributed by atoms with E-state index in [9.17, 15) is 0 Å². The SMILES string of the molecule is CC(C)(C)Cc1cncs1. The maximum atomic E-state index is 4.02. The Morgan fingerprint density at radius 1 is 1.50 bits per heavy atom. The van der Waals surface area contributed by atoms with Gasteiger partial charge in [0.25, 0.3) is 0 Å². The van der Waals surface area contributed by atoms with E-state index in [1.54, 1.807) is 11.3 Å². The van der Waals surface area contributed by atoms with Crippen molar-refractivity contribution in [2.24, 2.45) is 5.41 Å². The summed E-state index contributed by atoms with van der Waals surface area (Å²) in [4.78, 5) is 5.41. The van der Waals surface area contributed by atoms with E-state index in [0.29, 0.717) is 5.41 Å². The minimum Gasteiger partial charge on any atom is -0.253 e. The molecule has 1 aromatic rings. The molecule has 10 heavy (non-hydrogen) atoms. The Hall–Kier alpha value is -0.370. The summed E-state index contributed by atoms with van der Waals surface area (Å²) < 4.78 is 0. The van der Waals surface area contributed by atoms with Crippen LogP contribution in [0.4, 0.5) is 0 Å². The summed E-state index contributed by atoms with van der Waals surface area (Å²) in [5.41, 5.74) is 2.29. The Morgan fingerprint density at radius 3 is 2.60 bits per heavy atom. The third-order valence-corrected chi connectivity index (χ3v) is 1.97. The van der Waals surface area contributed by atoms with Crippen LogP contribution in [0.1, 0.15) is 25.6 Å². The highest BCUT2D eigenvalue weighted by molar-refractivity contribution is 7.09. The first-order chi connectivity index (χ1) is 4.58. The van der Waals surface area contributed by atoms with Gasteiger partial charge in [0.1, 0.15) is 0 Å². The zero-order valence-electron chi connectivity index (χ0n) is 6.72. The molecule has 0 amide bonds. The first kappa shape index (κ1) is 7.73. The van der Waals surface area contributed by atoms with Crippen LogP contribution in [0.3, 0.4) is 0 Å². The minimum atomic E-state index is 0.395. The smallest absolute Gasteiger partial charge is 0.0794 e. The fourth-order valence-electron chi connectivity index (χ4n) is 0.852. The predicted octanol–water partition coefficient (Wildman–Crippen LogP) is 2.73. The predicted molar refractivity (Wildman–Crippen MR) is 45.3 cm³/mol. The van der Waals surface area contributed by atoms with Gasteiger partial charge in [0.2, 0.25) is 0 Å². The van der Waals surface area contributed by atoms with Crippen molar-refractivity contribution in [1.82, 2.24) is 4.98 Å². The Morgan fingerprint density at radius 2 is 2.20 bits per heavy atom. The van der Waals surface area contributed by atoms with Gasteiger partial charge in [-0.25, -0.2) is 0 Å². The molecule has 0 fully saturated rings. The van der Waals surface area contributed by atoms with Gasteiger partial charge in [-0.1, -0.05) is 20.8 Å². The highest BCUT2D eigenvalue weighted by Crippen LogP contribution is 2.22. The zero-order valence-corrected chi connectivity index (χ0v) is 7.53. The fourth-order valence-corrected chi connectivity index (χ4v) is 1.75. The summed E-state index contributed by atoms with van der Waals surface area (Å²) in [6, 6.07) is 0. The molecule has 0 radical (unpaired) electrons. The highest BCUT2D eigenvalue weighted by Gasteiger charge is 2.11. The lowest BCUT2D eigenvalue weighted by Gasteiger charge is -2.15. The summed E-state index contributed by atoms with van der Waals surface area (Å²) in [6.45, 7) is 6.73. The van der Waals surface area contributed by atoms with Crippen molar-refractivity contribution in [1.29, 1.82) is 0 Å². The third-order valence-electron chi connectivity index (χ3n) is 1.19. The Bertz CT molecular complexity index is 184. The van der Waals surface area contributed by atoms with Crippen molar-refractivity contribution in [3.8, 4) is 0 Å². The lowest BCUT2D eigenvalue weighted by atomic mass is 9.92. The van der Waals surface area contributed by atoms with Gasteiger partial charge >= 0.3 is 0 Å². The van der Waals surface area contributed by atoms with Crippen LogP contribution in [0.15, 0.2) is 11.7 Å². The molecule has 1 nitrogen and oxygen atoms in total. The monoisotopic (exact) mass is 155 g/mol. The van der Waals surface area contributed by atoms with Crippen molar-refractivity contribution in [3.05, 3.63) is 16.6 Å². The maximum Gasteiger partial charge on any atom is 0.0794 e. The molecular formula is C8H13NS. The van der Waals surface area contributed by atoms with Gasteiger partial charge < -0.3 is 0 Å². The van der Waals surface area contributed by atoms with Gasteiger partial charge in [-0.15, -0.1) is 11.3 Å². The van der Waals surface area contributed by atoms with Gasteiger partial charge in [0.05, 0.1) is 5.51 Å². The number of rotatable bonds is 1. The molecule has 0 aliphatic heterocycles. The van der Waals surface area contributed by atoms with E-state index in [1.165, 1.54) is 4.88 Å². The summed E-state index contributed by atoms with van der Waals surface area (Å²) in [6.07, 6.45) is 3.09. The standard InChI is InChI=1S/C8H13NS/c1-8(2,3)4-7-5-9-6-10-7/h5-6H,4H2,1-3H3. The maximum absolute atomic E-state index is 4.02. The summed E-state index contributed by atoms with van der Waals surface area (Å²) in [7, 11) is 0. The topological polar surface area (TPSA) is 12.9 Å². The molecule has 0 saturated carbocycles. The second kappa shape index (κ2) is 2.70. The van der Waals surface area contributed by atoms with Crippen molar-refractivity contribution in [2.75, 3.05) is 0 Å². The van der Waals surface area contributed by atoms with Gasteiger partial charge in [-0.3, -0.25) is 4.98 Å². The molecule has 1 aromatic heterocycles. The Balaban J connectivity index is 2.57. The molecule has 0 atom stereocenters. The van der Waals surface area contributed by atoms with Crippen LogP contribution in [0.2, 0.25) is 0 Å². The average molecular weight is 155 g/mol. The molecule has 0 aliphatic rings. The third kappa shape index (κ3) is 2.48. The fraction of sp³-hybridized carbons (Fsp3) is 0.625. The minimum absolute atomic E-state index is 0.395. The molecule has 0 aliphatic carbocycles. The Kier molecular flexibility index (Phi) is 2.09. The van der Waals surface area contributed by atoms with Gasteiger partial charge in [-0.05, 0) is 11.8 Å². The van der Waals surface area contributed by atoms with E-state index in [2.05, 4.69) is 25.8 Å². The number of thiazole rings is 1. The number of nitrogens with zero attached hydrogens (tertiary/aromatic N) is 1. The molecule has 0 saturated heterocycles. The van der Waals surface area contributed by atoms with Crippen LogP contribution in [-0.4, -0.2) is 4.98 Å². The van der Waals surface area contributed by atoms with Crippen molar-refractivity contribution < 1.29 is 0 Å². The van der Waals surface area contributed by atoms with Crippen LogP contribution in [0.25, 0.3) is 0 Å². The lowest BCUT2D eigenvalue weighted by molar-refractivity contribution is 0.414. The van der Waals surface area contributed by atoms with Gasteiger partial charge in [0.15, 0.2) is 0 Å². The van der Waals surface area contributed by atoms with Gasteiger partial charge in [-0.2, -0.15) is 0 Å². The molecular weight excluding hydrogens is 142 g/mol. The van der Waals surface area contributed by atoms with Crippen LogP contribution in [0, 0.1) is 5.41 Å². The van der Waals surface area contributed by atoms with Crippen molar-refractivity contribution in [3.63, 3.8) is 0 Å². The van der Waals surface area contributed by atoms with Crippen molar-refractivity contribution in [2.45, 2.75) is 27.2 Å². The van der Waals surface area contributed by atoms with Crippen LogP contribution in [-0.2, 0) is 6.42 Å². The second-order valence-corrected chi connectivity index (χ2v) is 4.68. The molecule has 1 heterocycles. The van der Waals surface area contributed by atoms with E-state index in [1.807, 2.05) is 11.7 Å². The molecule has 0 unspecified atom stereocenters. The molecule has 0 bridgehead atoms. The molecule has 56 valence electrons. The quantitative estimate of drug-likeness (QED) is 0.607. The van der Waals surface area contributed by atoms with E-state index in [0.717, 1.165) is 6.42 Å². The molecule has 0 N–H and O–H groups in total. The van der Waals surface area contributed by atoms with Crippen LogP contribution >= 0.6 is 11.3 Å². The Labute approximate surface area is 66.1 Å². The van der Waals surface area contributed by atoms with E-state index < -0.39 is 0 Å². The number of hydrogen-bond donors (Lipinski definition) is 0. The average Bonchev–Trinajstić information content (AvgIpc) is 2.12. The van der Waals surface area contributed by atoms with Crippen LogP contribution in [0.5, 0.6) is 0 Å². The van der Waals surface area contributed by atoms with E-state index in [4.69, 9.17) is 0 Å². The first-order valence-electron chi connectivity index (χ1n) is 3.45. The van der Waals surface area contributed by atoms with E-state index in [-0.39, 0.29) is 0 Å². The highest BCUT2D eigenvalue weighted by atomic mass is 32.1. The summed E-state index contributed by atoms with van der Waals surface area (Å²) in [5.74, 6) is 0. The molecule has 2 heteroatoms. The summed E-state index contributed by atoms with van der Waals surface area (Å²) >= 11 is 1.74. The lowest BCUT2D eigenvalue weighted by Crippen LogP contribution is -2.07. The zero-order chi connectivity index (χ0) is 7.61. The van der Waals surface area contributed by atoms with Crippen molar-refractivity contribution >= 4 is 11.3 Å². The molecule has 1 rings (SSSR count).